The molecule has 2 aromatic rings. The molecule has 1 amide bonds. The number of amides is 1. The fraction of sp³-hybridized carbons (Fsp3) is 0.368. The van der Waals surface area contributed by atoms with Crippen LogP contribution >= 0.6 is 0 Å². The summed E-state index contributed by atoms with van der Waals surface area (Å²) in [5, 5.41) is 3.44. The maximum atomic E-state index is 11.7. The van der Waals surface area contributed by atoms with Crippen LogP contribution in [0.3, 0.4) is 0 Å². The number of nitrogens with zero attached hydrogens (tertiary/aromatic N) is 1. The maximum absolute atomic E-state index is 11.7. The lowest BCUT2D eigenvalue weighted by molar-refractivity contribution is 0.100. The van der Waals surface area contributed by atoms with Crippen molar-refractivity contribution < 1.29 is 9.53 Å². The second-order valence-corrected chi connectivity index (χ2v) is 6.01. The Hall–Kier alpha value is -2.40. The van der Waals surface area contributed by atoms with Gasteiger partial charge < -0.3 is 15.8 Å². The minimum atomic E-state index is -0.485. The Balaban J connectivity index is 1.92. The molecule has 126 valence electrons. The molecule has 0 spiro atoms. The number of hydrogen-bond donors (Lipinski definition) is 2. The van der Waals surface area contributed by atoms with E-state index in [-0.39, 0.29) is 0 Å². The summed E-state index contributed by atoms with van der Waals surface area (Å²) in [6, 6.07) is 11.6. The number of benzene rings is 1. The van der Waals surface area contributed by atoms with Crippen molar-refractivity contribution in [1.82, 2.24) is 10.3 Å². The molecule has 3 rings (SSSR count). The van der Waals surface area contributed by atoms with Crippen LogP contribution in [0.2, 0.25) is 0 Å². The van der Waals surface area contributed by atoms with Crippen LogP contribution in [-0.2, 0) is 0 Å². The molecule has 24 heavy (non-hydrogen) atoms. The van der Waals surface area contributed by atoms with Gasteiger partial charge in [0.2, 0.25) is 5.88 Å². The highest BCUT2D eigenvalue weighted by Gasteiger charge is 2.17. The van der Waals surface area contributed by atoms with E-state index in [1.54, 1.807) is 12.1 Å². The van der Waals surface area contributed by atoms with Gasteiger partial charge in [-0.1, -0.05) is 24.3 Å². The number of ether oxygens (including phenoxy) is 1. The molecule has 1 aliphatic rings. The van der Waals surface area contributed by atoms with E-state index >= 15 is 0 Å². The molecular formula is C19H23N3O2. The van der Waals surface area contributed by atoms with Crippen LogP contribution in [0.15, 0.2) is 36.4 Å². The average Bonchev–Trinajstić information content (AvgIpc) is 2.63. The van der Waals surface area contributed by atoms with Crippen LogP contribution in [0.4, 0.5) is 0 Å². The topological polar surface area (TPSA) is 77.2 Å². The number of nitrogens with one attached hydrogen (secondary N) is 1. The standard InChI is InChI=1S/C19H23N3O2/c1-2-24-17-10-9-16(19(20)23)18(22-17)14-7-5-13(6-8-14)15-4-3-11-21-12-15/h5-10,15,21H,2-4,11-12H2,1H3,(H2,20,23)/t15-/m1/s1. The molecule has 3 N–H and O–H groups in total. The predicted molar refractivity (Wildman–Crippen MR) is 94.2 cm³/mol. The largest absolute Gasteiger partial charge is 0.478 e. The molecule has 0 unspecified atom stereocenters. The summed E-state index contributed by atoms with van der Waals surface area (Å²) in [6.07, 6.45) is 2.41. The first-order valence-electron chi connectivity index (χ1n) is 8.43. The molecule has 1 atom stereocenters. The van der Waals surface area contributed by atoms with Crippen molar-refractivity contribution in [3.05, 3.63) is 47.5 Å². The summed E-state index contributed by atoms with van der Waals surface area (Å²) < 4.78 is 5.45. The summed E-state index contributed by atoms with van der Waals surface area (Å²) in [7, 11) is 0. The van der Waals surface area contributed by atoms with Gasteiger partial charge in [0.05, 0.1) is 17.9 Å². The van der Waals surface area contributed by atoms with Crippen LogP contribution in [-0.4, -0.2) is 30.6 Å². The average molecular weight is 325 g/mol. The van der Waals surface area contributed by atoms with Crippen molar-refractivity contribution in [2.75, 3.05) is 19.7 Å². The van der Waals surface area contributed by atoms with Gasteiger partial charge in [-0.2, -0.15) is 0 Å². The third kappa shape index (κ3) is 3.57. The number of carbonyl (C=O) groups excluding carboxylic acids is 1. The Morgan fingerprint density at radius 3 is 2.71 bits per heavy atom. The molecule has 0 aliphatic carbocycles. The van der Waals surface area contributed by atoms with Crippen molar-refractivity contribution in [3.8, 4) is 17.1 Å². The third-order valence-corrected chi connectivity index (χ3v) is 4.38. The zero-order chi connectivity index (χ0) is 16.9. The number of rotatable bonds is 5. The summed E-state index contributed by atoms with van der Waals surface area (Å²) in [4.78, 5) is 16.2. The highest BCUT2D eigenvalue weighted by molar-refractivity contribution is 5.98. The number of nitrogens with two attached hydrogens (primary N) is 1. The zero-order valence-electron chi connectivity index (χ0n) is 13.9. The maximum Gasteiger partial charge on any atom is 0.250 e. The lowest BCUT2D eigenvalue weighted by atomic mass is 9.90. The van der Waals surface area contributed by atoms with Crippen molar-refractivity contribution in [2.45, 2.75) is 25.7 Å². The molecule has 2 heterocycles. The Bertz CT molecular complexity index is 707. The van der Waals surface area contributed by atoms with Crippen molar-refractivity contribution in [3.63, 3.8) is 0 Å². The van der Waals surface area contributed by atoms with Crippen molar-refractivity contribution in [1.29, 1.82) is 0 Å². The van der Waals surface area contributed by atoms with Gasteiger partial charge in [0.1, 0.15) is 0 Å². The van der Waals surface area contributed by atoms with Crippen LogP contribution < -0.4 is 15.8 Å². The predicted octanol–water partition coefficient (Wildman–Crippen LogP) is 2.71. The second kappa shape index (κ2) is 7.45. The van der Waals surface area contributed by atoms with E-state index in [1.165, 1.54) is 18.4 Å². The summed E-state index contributed by atoms with van der Waals surface area (Å²) in [5.41, 5.74) is 8.66. The van der Waals surface area contributed by atoms with E-state index in [4.69, 9.17) is 10.5 Å². The third-order valence-electron chi connectivity index (χ3n) is 4.38. The molecule has 1 saturated heterocycles. The van der Waals surface area contributed by atoms with Crippen LogP contribution in [0.1, 0.15) is 41.6 Å². The van der Waals surface area contributed by atoms with E-state index in [1.807, 2.05) is 19.1 Å². The van der Waals surface area contributed by atoms with Gasteiger partial charge in [-0.05, 0) is 43.9 Å². The molecule has 0 bridgehead atoms. The molecule has 1 aromatic carbocycles. The first-order chi connectivity index (χ1) is 11.7. The molecule has 5 heteroatoms. The summed E-state index contributed by atoms with van der Waals surface area (Å²) in [5.74, 6) is 0.560. The Morgan fingerprint density at radius 1 is 1.29 bits per heavy atom. The minimum absolute atomic E-state index is 0.408. The molecule has 5 nitrogen and oxygen atoms in total. The normalized spacial score (nSPS) is 17.5. The number of primary amides is 1. The van der Waals surface area contributed by atoms with Gasteiger partial charge in [0.15, 0.2) is 0 Å². The number of aromatic nitrogens is 1. The van der Waals surface area contributed by atoms with Crippen LogP contribution in [0.25, 0.3) is 11.3 Å². The number of pyridine rings is 1. The molecule has 1 aliphatic heterocycles. The Morgan fingerprint density at radius 2 is 2.08 bits per heavy atom. The molecule has 1 aromatic heterocycles. The fourth-order valence-corrected chi connectivity index (χ4v) is 3.14. The fourth-order valence-electron chi connectivity index (χ4n) is 3.14. The van der Waals surface area contributed by atoms with E-state index in [0.717, 1.165) is 18.7 Å². The van der Waals surface area contributed by atoms with Crippen molar-refractivity contribution >= 4 is 5.91 Å². The number of piperidine rings is 1. The quantitative estimate of drug-likeness (QED) is 0.886. The minimum Gasteiger partial charge on any atom is -0.478 e. The van der Waals surface area contributed by atoms with Crippen molar-refractivity contribution in [2.24, 2.45) is 5.73 Å². The number of hydrogen-bond acceptors (Lipinski definition) is 4. The lowest BCUT2D eigenvalue weighted by Crippen LogP contribution is -2.28. The van der Waals surface area contributed by atoms with Gasteiger partial charge in [-0.15, -0.1) is 0 Å². The molecular weight excluding hydrogens is 302 g/mol. The molecule has 0 saturated carbocycles. The molecule has 0 radical (unpaired) electrons. The summed E-state index contributed by atoms with van der Waals surface area (Å²) >= 11 is 0. The van der Waals surface area contributed by atoms with Gasteiger partial charge in [0.25, 0.3) is 5.91 Å². The smallest absolute Gasteiger partial charge is 0.250 e. The van der Waals surface area contributed by atoms with Gasteiger partial charge in [0, 0.05) is 18.2 Å². The van der Waals surface area contributed by atoms with E-state index in [0.29, 0.717) is 29.7 Å². The van der Waals surface area contributed by atoms with Gasteiger partial charge >= 0.3 is 0 Å². The van der Waals surface area contributed by atoms with Gasteiger partial charge in [-0.25, -0.2) is 4.98 Å². The highest BCUT2D eigenvalue weighted by atomic mass is 16.5. The zero-order valence-corrected chi connectivity index (χ0v) is 13.9. The monoisotopic (exact) mass is 325 g/mol. The van der Waals surface area contributed by atoms with E-state index in [2.05, 4.69) is 22.4 Å². The first kappa shape index (κ1) is 16.5. The molecule has 1 fully saturated rings. The van der Waals surface area contributed by atoms with E-state index in [9.17, 15) is 4.79 Å². The van der Waals surface area contributed by atoms with Crippen LogP contribution in [0.5, 0.6) is 5.88 Å². The first-order valence-corrected chi connectivity index (χ1v) is 8.43. The Kier molecular flexibility index (Phi) is 5.11. The SMILES string of the molecule is CCOc1ccc(C(N)=O)c(-c2ccc([C@@H]3CCCNC3)cc2)n1. The summed E-state index contributed by atoms with van der Waals surface area (Å²) in [6.45, 7) is 4.54. The Labute approximate surface area is 142 Å². The van der Waals surface area contributed by atoms with E-state index < -0.39 is 5.91 Å². The van der Waals surface area contributed by atoms with Gasteiger partial charge in [-0.3, -0.25) is 4.79 Å². The second-order valence-electron chi connectivity index (χ2n) is 6.01. The lowest BCUT2D eigenvalue weighted by Gasteiger charge is -2.23. The number of carbonyl (C=O) groups is 1. The van der Waals surface area contributed by atoms with Crippen LogP contribution in [0, 0.1) is 0 Å². The highest BCUT2D eigenvalue weighted by Crippen LogP contribution is 2.28.